The van der Waals surface area contributed by atoms with Crippen molar-refractivity contribution in [3.63, 3.8) is 0 Å². The van der Waals surface area contributed by atoms with Crippen LogP contribution in [0.2, 0.25) is 0 Å². The highest BCUT2D eigenvalue weighted by atomic mass is 16.7. The van der Waals surface area contributed by atoms with Crippen LogP contribution >= 0.6 is 0 Å². The van der Waals surface area contributed by atoms with Crippen LogP contribution in [0.25, 0.3) is 0 Å². The van der Waals surface area contributed by atoms with E-state index in [0.29, 0.717) is 0 Å². The van der Waals surface area contributed by atoms with Gasteiger partial charge in [0.1, 0.15) is 71.7 Å². The van der Waals surface area contributed by atoms with Gasteiger partial charge >= 0.3 is 17.9 Å². The van der Waals surface area contributed by atoms with Crippen LogP contribution in [0.5, 0.6) is 51.7 Å². The highest BCUT2D eigenvalue weighted by Crippen LogP contribution is 2.45. The molecule has 0 aromatic heterocycles. The lowest BCUT2D eigenvalue weighted by Crippen LogP contribution is -2.62. The van der Waals surface area contributed by atoms with Gasteiger partial charge in [-0.3, -0.25) is 0 Å². The molecule has 12 aromatic rings. The van der Waals surface area contributed by atoms with Gasteiger partial charge in [-0.05, 0) is 86.5 Å². The Bertz CT molecular complexity index is 4640. The van der Waals surface area contributed by atoms with Gasteiger partial charge < -0.3 is 71.8 Å². The van der Waals surface area contributed by atoms with Gasteiger partial charge in [0, 0.05) is 0 Å². The molecule has 0 unspecified atom stereocenters. The fraction of sp³-hybridized carbons (Fsp3) is 0.167. The standard InChI is InChI=1S/C90H78O18/c91-52-80-81(92)85(106-87(93)71-46-74(96-53-62-28-10-1-11-29-62)82(102-59-68-40-22-7-23-41-68)75(47-71)97-54-63-30-12-2-13-31-63)86(107-88(94)72-48-76(98-55-64-32-14-3-15-33-64)83(103-60-69-42-24-8-25-43-69)77(49-72)99-56-65-34-16-4-17-35-65)90(105-80)108-89(95)73-50-78(100-57-66-36-18-5-19-37-66)84(104-61-70-44-26-9-27-45-70)79(51-73)101-58-67-38-20-6-21-39-67/h1-51,80-81,85-86,90-92H,52-61H2/t80-,81-,85+,86-,90+/m1/s1. The lowest BCUT2D eigenvalue weighted by molar-refractivity contribution is -0.283. The van der Waals surface area contributed by atoms with Gasteiger partial charge in [0.2, 0.25) is 29.6 Å². The molecule has 5 atom stereocenters. The Morgan fingerprint density at radius 2 is 0.463 bits per heavy atom. The van der Waals surface area contributed by atoms with E-state index in [0.717, 1.165) is 50.1 Å². The number of hydrogen-bond acceptors (Lipinski definition) is 18. The highest BCUT2D eigenvalue weighted by Gasteiger charge is 2.52. The average Bonchev–Trinajstić information content (AvgIpc) is 0.806. The van der Waals surface area contributed by atoms with E-state index < -0.39 is 55.2 Å². The van der Waals surface area contributed by atoms with Crippen molar-refractivity contribution < 1.29 is 86.2 Å². The number of benzene rings is 12. The second-order valence-electron chi connectivity index (χ2n) is 25.2. The summed E-state index contributed by atoms with van der Waals surface area (Å²) in [6, 6.07) is 93.1. The fourth-order valence-electron chi connectivity index (χ4n) is 11.7. The van der Waals surface area contributed by atoms with E-state index in [9.17, 15) is 10.2 Å². The van der Waals surface area contributed by atoms with E-state index in [4.69, 9.17) is 61.6 Å². The smallest absolute Gasteiger partial charge is 0.340 e. The highest BCUT2D eigenvalue weighted by molar-refractivity contribution is 5.93. The second kappa shape index (κ2) is 37.2. The van der Waals surface area contributed by atoms with Gasteiger partial charge in [-0.1, -0.05) is 273 Å². The Labute approximate surface area is 625 Å². The zero-order valence-electron chi connectivity index (χ0n) is 58.8. The molecule has 108 heavy (non-hydrogen) atoms. The third-order valence-corrected chi connectivity index (χ3v) is 17.4. The van der Waals surface area contributed by atoms with Crippen molar-refractivity contribution in [2.75, 3.05) is 6.61 Å². The van der Waals surface area contributed by atoms with E-state index in [2.05, 4.69) is 0 Å². The van der Waals surface area contributed by atoms with Crippen molar-refractivity contribution in [1.29, 1.82) is 0 Å². The molecule has 0 aliphatic carbocycles. The fourth-order valence-corrected chi connectivity index (χ4v) is 11.7. The largest absolute Gasteiger partial charge is 0.485 e. The van der Waals surface area contributed by atoms with E-state index in [-0.39, 0.29) is 128 Å². The molecule has 1 aliphatic heterocycles. The summed E-state index contributed by atoms with van der Waals surface area (Å²) in [5.74, 6) is -2.46. The molecule has 0 saturated carbocycles. The molecule has 1 saturated heterocycles. The number of carbonyl (C=O) groups is 3. The van der Waals surface area contributed by atoms with Crippen LogP contribution < -0.4 is 42.6 Å². The van der Waals surface area contributed by atoms with E-state index in [1.165, 1.54) is 36.4 Å². The molecule has 0 radical (unpaired) electrons. The maximum Gasteiger partial charge on any atom is 0.340 e. The first-order chi connectivity index (χ1) is 53.1. The molecule has 1 heterocycles. The topological polar surface area (TPSA) is 212 Å². The summed E-state index contributed by atoms with van der Waals surface area (Å²) < 4.78 is 84.8. The van der Waals surface area contributed by atoms with Crippen molar-refractivity contribution in [2.45, 2.75) is 90.2 Å². The van der Waals surface area contributed by atoms with Crippen molar-refractivity contribution >= 4 is 17.9 Å². The summed E-state index contributed by atoms with van der Waals surface area (Å²) >= 11 is 0. The van der Waals surface area contributed by atoms with Gasteiger partial charge in [0.25, 0.3) is 0 Å². The predicted octanol–water partition coefficient (Wildman–Crippen LogP) is 16.6. The lowest BCUT2D eigenvalue weighted by Gasteiger charge is -2.42. The molecule has 13 rings (SSSR count). The maximum absolute atomic E-state index is 15.7. The molecule has 0 spiro atoms. The van der Waals surface area contributed by atoms with Crippen LogP contribution in [0.4, 0.5) is 0 Å². The van der Waals surface area contributed by atoms with Crippen molar-refractivity contribution in [3.8, 4) is 51.7 Å². The molecule has 12 aromatic carbocycles. The zero-order valence-corrected chi connectivity index (χ0v) is 58.8. The lowest BCUT2D eigenvalue weighted by atomic mass is 9.98. The van der Waals surface area contributed by atoms with Gasteiger partial charge in [-0.25, -0.2) is 14.4 Å². The molecule has 1 fully saturated rings. The maximum atomic E-state index is 15.7. The number of esters is 3. The van der Waals surface area contributed by atoms with Crippen molar-refractivity contribution in [1.82, 2.24) is 0 Å². The van der Waals surface area contributed by atoms with E-state index in [1.807, 2.05) is 273 Å². The Balaban J connectivity index is 0.911. The van der Waals surface area contributed by atoms with Gasteiger partial charge in [0.15, 0.2) is 40.6 Å². The number of hydrogen-bond donors (Lipinski definition) is 2. The Morgan fingerprint density at radius 3 is 0.676 bits per heavy atom. The Kier molecular flexibility index (Phi) is 25.3. The molecule has 18 heteroatoms. The summed E-state index contributed by atoms with van der Waals surface area (Å²) in [4.78, 5) is 46.8. The Morgan fingerprint density at radius 1 is 0.269 bits per heavy atom. The van der Waals surface area contributed by atoms with Crippen molar-refractivity contribution in [3.05, 3.63) is 376 Å². The third kappa shape index (κ3) is 20.1. The molecular weight excluding hydrogens is 1370 g/mol. The predicted molar refractivity (Wildman–Crippen MR) is 402 cm³/mol. The zero-order chi connectivity index (χ0) is 74.1. The quantitative estimate of drug-likeness (QED) is 0.0283. The number of rotatable bonds is 34. The van der Waals surface area contributed by atoms with Gasteiger partial charge in [-0.2, -0.15) is 0 Å². The molecule has 2 N–H and O–H groups in total. The van der Waals surface area contributed by atoms with Crippen LogP contribution in [0.1, 0.15) is 81.1 Å². The van der Waals surface area contributed by atoms with E-state index >= 15 is 14.4 Å². The van der Waals surface area contributed by atoms with Gasteiger partial charge in [0.05, 0.1) is 23.3 Å². The molecular formula is C90H78O18. The van der Waals surface area contributed by atoms with E-state index in [1.54, 1.807) is 0 Å². The minimum absolute atomic E-state index is 0.0106. The number of carbonyl (C=O) groups excluding carboxylic acids is 3. The summed E-state index contributed by atoms with van der Waals surface area (Å²) in [6.45, 7) is -0.622. The molecule has 546 valence electrons. The van der Waals surface area contributed by atoms with Crippen LogP contribution in [0.15, 0.2) is 309 Å². The first-order valence-corrected chi connectivity index (χ1v) is 35.2. The molecule has 18 nitrogen and oxygen atoms in total. The summed E-state index contributed by atoms with van der Waals surface area (Å²) in [6.07, 6.45) is -9.83. The minimum Gasteiger partial charge on any atom is -0.485 e. The first-order valence-electron chi connectivity index (χ1n) is 35.2. The normalized spacial score (nSPS) is 15.1. The second-order valence-corrected chi connectivity index (χ2v) is 25.2. The minimum atomic E-state index is -2.09. The summed E-state index contributed by atoms with van der Waals surface area (Å²) in [5, 5.41) is 23.8. The summed E-state index contributed by atoms with van der Waals surface area (Å²) in [7, 11) is 0. The first kappa shape index (κ1) is 73.4. The monoisotopic (exact) mass is 1450 g/mol. The van der Waals surface area contributed by atoms with Crippen LogP contribution in [0, 0.1) is 0 Å². The van der Waals surface area contributed by atoms with Crippen molar-refractivity contribution in [2.24, 2.45) is 0 Å². The SMILES string of the molecule is O=C(O[C@@H]1O[C@H](CO)[C@@H](O)[C@H](OC(=O)c2cc(OCc3ccccc3)c(OCc3ccccc3)c(OCc3ccccc3)c2)[C@H]1OC(=O)c1cc(OCc2ccccc2)c(OCc2ccccc2)c(OCc2ccccc2)c1)c1cc(OCc2ccccc2)c(OCc2ccccc2)c(OCc2ccccc2)c1. The van der Waals surface area contributed by atoms with Crippen LogP contribution in [0.3, 0.4) is 0 Å². The third-order valence-electron chi connectivity index (χ3n) is 17.4. The molecule has 0 bridgehead atoms. The van der Waals surface area contributed by atoms with Gasteiger partial charge in [-0.15, -0.1) is 0 Å². The Hall–Kier alpha value is -12.9. The number of ether oxygens (including phenoxy) is 13. The summed E-state index contributed by atoms with van der Waals surface area (Å²) in [5.41, 5.74) is 6.64. The molecule has 0 amide bonds. The number of aliphatic hydroxyl groups is 2. The van der Waals surface area contributed by atoms with Crippen LogP contribution in [-0.4, -0.2) is 65.4 Å². The average molecular weight is 1450 g/mol. The van der Waals surface area contributed by atoms with Crippen LogP contribution in [-0.2, 0) is 78.4 Å². The molecule has 1 aliphatic rings. The number of aliphatic hydroxyl groups excluding tert-OH is 2.